The van der Waals surface area contributed by atoms with Crippen LogP contribution in [0.3, 0.4) is 0 Å². The van der Waals surface area contributed by atoms with E-state index < -0.39 is 17.8 Å². The number of hydrogen-bond donors (Lipinski definition) is 2. The van der Waals surface area contributed by atoms with Gasteiger partial charge in [-0.2, -0.15) is 0 Å². The van der Waals surface area contributed by atoms with E-state index in [4.69, 9.17) is 4.74 Å². The Labute approximate surface area is 90.4 Å². The number of amides is 1. The molecule has 0 bridgehead atoms. The Kier molecular flexibility index (Phi) is 3.93. The van der Waals surface area contributed by atoms with Crippen LogP contribution in [0.15, 0.2) is 0 Å². The van der Waals surface area contributed by atoms with Gasteiger partial charge in [0.2, 0.25) is 0 Å². The first-order valence-corrected chi connectivity index (χ1v) is 5.30. The van der Waals surface area contributed by atoms with Crippen LogP contribution in [0.1, 0.15) is 33.6 Å². The average Bonchev–Trinajstić information content (AvgIpc) is 2.26. The SMILES string of the molecule is CC(C)(C)OC(=O)N1CC(O)CCCN1. The van der Waals surface area contributed by atoms with Crippen molar-refractivity contribution in [1.82, 2.24) is 10.4 Å². The van der Waals surface area contributed by atoms with E-state index in [9.17, 15) is 9.90 Å². The molecule has 0 aromatic rings. The summed E-state index contributed by atoms with van der Waals surface area (Å²) in [6, 6.07) is 0. The number of aliphatic hydroxyl groups is 1. The lowest BCUT2D eigenvalue weighted by molar-refractivity contribution is 0.00555. The van der Waals surface area contributed by atoms with E-state index in [1.807, 2.05) is 20.8 Å². The number of carbonyl (C=O) groups excluding carboxylic acids is 1. The fourth-order valence-corrected chi connectivity index (χ4v) is 1.37. The van der Waals surface area contributed by atoms with Crippen LogP contribution in [-0.4, -0.2) is 41.0 Å². The van der Waals surface area contributed by atoms with Crippen LogP contribution in [0.2, 0.25) is 0 Å². The number of nitrogens with zero attached hydrogens (tertiary/aromatic N) is 1. The maximum atomic E-state index is 11.6. The fourth-order valence-electron chi connectivity index (χ4n) is 1.37. The van der Waals surface area contributed by atoms with Gasteiger partial charge >= 0.3 is 6.09 Å². The molecule has 1 aliphatic heterocycles. The van der Waals surface area contributed by atoms with Gasteiger partial charge in [0.15, 0.2) is 0 Å². The number of nitrogens with one attached hydrogen (secondary N) is 1. The van der Waals surface area contributed by atoms with Crippen LogP contribution in [0, 0.1) is 0 Å². The molecule has 88 valence electrons. The molecular weight excluding hydrogens is 196 g/mol. The third kappa shape index (κ3) is 4.48. The molecule has 1 saturated heterocycles. The van der Waals surface area contributed by atoms with Gasteiger partial charge in [0.05, 0.1) is 12.6 Å². The summed E-state index contributed by atoms with van der Waals surface area (Å²) in [5.41, 5.74) is 2.43. The summed E-state index contributed by atoms with van der Waals surface area (Å²) in [6.07, 6.45) is 0.684. The zero-order valence-corrected chi connectivity index (χ0v) is 9.62. The average molecular weight is 216 g/mol. The van der Waals surface area contributed by atoms with Crippen molar-refractivity contribution < 1.29 is 14.6 Å². The number of ether oxygens (including phenoxy) is 1. The molecule has 1 atom stereocenters. The zero-order valence-electron chi connectivity index (χ0n) is 9.62. The smallest absolute Gasteiger partial charge is 0.424 e. The monoisotopic (exact) mass is 216 g/mol. The predicted molar refractivity (Wildman–Crippen MR) is 56.2 cm³/mol. The largest absolute Gasteiger partial charge is 0.443 e. The van der Waals surface area contributed by atoms with Gasteiger partial charge in [-0.15, -0.1) is 0 Å². The minimum Gasteiger partial charge on any atom is -0.443 e. The van der Waals surface area contributed by atoms with Gasteiger partial charge in [-0.05, 0) is 33.6 Å². The Hall–Kier alpha value is -0.810. The standard InChI is InChI=1S/C10H20N2O3/c1-10(2,3)15-9(14)12-7-8(13)5-4-6-11-12/h8,11,13H,4-7H2,1-3H3. The Morgan fingerprint density at radius 2 is 2.20 bits per heavy atom. The number of hydrogen-bond acceptors (Lipinski definition) is 4. The molecule has 1 rings (SSSR count). The van der Waals surface area contributed by atoms with Gasteiger partial charge in [-0.3, -0.25) is 0 Å². The molecule has 15 heavy (non-hydrogen) atoms. The highest BCUT2D eigenvalue weighted by Crippen LogP contribution is 2.11. The fraction of sp³-hybridized carbons (Fsp3) is 0.900. The molecule has 0 aromatic carbocycles. The summed E-state index contributed by atoms with van der Waals surface area (Å²) < 4.78 is 5.19. The summed E-state index contributed by atoms with van der Waals surface area (Å²) in [5, 5.41) is 10.9. The van der Waals surface area contributed by atoms with Crippen molar-refractivity contribution >= 4 is 6.09 Å². The van der Waals surface area contributed by atoms with Gasteiger partial charge < -0.3 is 9.84 Å². The normalized spacial score (nSPS) is 23.5. The van der Waals surface area contributed by atoms with Gasteiger partial charge in [0, 0.05) is 6.54 Å². The molecule has 2 N–H and O–H groups in total. The molecule has 5 heteroatoms. The molecule has 5 nitrogen and oxygen atoms in total. The molecule has 1 amide bonds. The Morgan fingerprint density at radius 3 is 2.80 bits per heavy atom. The van der Waals surface area contributed by atoms with Crippen LogP contribution >= 0.6 is 0 Å². The number of β-amino-alcohol motifs (C(OH)–C–C–N with tert-alkyl or cyclic N) is 1. The van der Waals surface area contributed by atoms with Crippen LogP contribution < -0.4 is 5.43 Å². The van der Waals surface area contributed by atoms with Crippen LogP contribution in [0.25, 0.3) is 0 Å². The summed E-state index contributed by atoms with van der Waals surface area (Å²) in [5.74, 6) is 0. The first-order chi connectivity index (χ1) is 6.88. The first-order valence-electron chi connectivity index (χ1n) is 5.30. The lowest BCUT2D eigenvalue weighted by Crippen LogP contribution is -2.47. The van der Waals surface area contributed by atoms with Crippen molar-refractivity contribution in [3.63, 3.8) is 0 Å². The van der Waals surface area contributed by atoms with Gasteiger partial charge in [0.1, 0.15) is 5.60 Å². The Bertz CT molecular complexity index is 225. The lowest BCUT2D eigenvalue weighted by Gasteiger charge is -2.27. The highest BCUT2D eigenvalue weighted by Gasteiger charge is 2.25. The number of aliphatic hydroxyl groups excluding tert-OH is 1. The first kappa shape index (κ1) is 12.3. The van der Waals surface area contributed by atoms with Crippen molar-refractivity contribution in [2.45, 2.75) is 45.3 Å². The quantitative estimate of drug-likeness (QED) is 0.631. The van der Waals surface area contributed by atoms with E-state index in [0.29, 0.717) is 13.0 Å². The van der Waals surface area contributed by atoms with Gasteiger partial charge in [-0.25, -0.2) is 15.2 Å². The van der Waals surface area contributed by atoms with Crippen molar-refractivity contribution in [3.05, 3.63) is 0 Å². The molecule has 1 aliphatic rings. The van der Waals surface area contributed by atoms with Crippen molar-refractivity contribution in [1.29, 1.82) is 0 Å². The summed E-state index contributed by atoms with van der Waals surface area (Å²) in [6.45, 7) is 6.43. The third-order valence-electron chi connectivity index (χ3n) is 2.02. The van der Waals surface area contributed by atoms with E-state index in [1.54, 1.807) is 0 Å². The number of rotatable bonds is 0. The predicted octanol–water partition coefficient (Wildman–Crippen LogP) is 0.883. The molecule has 1 fully saturated rings. The lowest BCUT2D eigenvalue weighted by atomic mass is 10.2. The second-order valence-corrected chi connectivity index (χ2v) is 4.80. The van der Waals surface area contributed by atoms with Crippen LogP contribution in [0.4, 0.5) is 4.79 Å². The summed E-state index contributed by atoms with van der Waals surface area (Å²) in [4.78, 5) is 11.6. The van der Waals surface area contributed by atoms with Crippen LogP contribution in [0.5, 0.6) is 0 Å². The highest BCUT2D eigenvalue weighted by molar-refractivity contribution is 5.67. The van der Waals surface area contributed by atoms with Gasteiger partial charge in [-0.1, -0.05) is 0 Å². The third-order valence-corrected chi connectivity index (χ3v) is 2.02. The highest BCUT2D eigenvalue weighted by atomic mass is 16.6. The minimum atomic E-state index is -0.504. The Balaban J connectivity index is 2.50. The zero-order chi connectivity index (χ0) is 11.5. The number of carbonyl (C=O) groups is 1. The van der Waals surface area contributed by atoms with E-state index in [1.165, 1.54) is 5.01 Å². The van der Waals surface area contributed by atoms with Crippen molar-refractivity contribution in [2.24, 2.45) is 0 Å². The van der Waals surface area contributed by atoms with E-state index in [-0.39, 0.29) is 6.54 Å². The molecule has 0 aliphatic carbocycles. The number of hydrazine groups is 1. The second kappa shape index (κ2) is 4.81. The van der Waals surface area contributed by atoms with E-state index >= 15 is 0 Å². The second-order valence-electron chi connectivity index (χ2n) is 4.80. The topological polar surface area (TPSA) is 61.8 Å². The minimum absolute atomic E-state index is 0.287. The Morgan fingerprint density at radius 1 is 1.53 bits per heavy atom. The van der Waals surface area contributed by atoms with Crippen molar-refractivity contribution in [3.8, 4) is 0 Å². The molecule has 0 aromatic heterocycles. The molecule has 0 radical (unpaired) electrons. The van der Waals surface area contributed by atoms with Crippen LogP contribution in [-0.2, 0) is 4.74 Å². The summed E-state index contributed by atoms with van der Waals surface area (Å²) in [7, 11) is 0. The molecular formula is C10H20N2O3. The van der Waals surface area contributed by atoms with E-state index in [2.05, 4.69) is 5.43 Å². The maximum absolute atomic E-state index is 11.6. The molecule has 1 heterocycles. The molecule has 0 spiro atoms. The summed E-state index contributed by atoms with van der Waals surface area (Å²) >= 11 is 0. The maximum Gasteiger partial charge on any atom is 0.424 e. The molecule has 1 unspecified atom stereocenters. The van der Waals surface area contributed by atoms with Gasteiger partial charge in [0.25, 0.3) is 0 Å². The van der Waals surface area contributed by atoms with E-state index in [0.717, 1.165) is 6.42 Å². The van der Waals surface area contributed by atoms with Crippen molar-refractivity contribution in [2.75, 3.05) is 13.1 Å². The molecule has 0 saturated carbocycles.